The van der Waals surface area contributed by atoms with Gasteiger partial charge in [0.15, 0.2) is 0 Å². The summed E-state index contributed by atoms with van der Waals surface area (Å²) in [7, 11) is 1.58. The lowest BCUT2D eigenvalue weighted by atomic mass is 10.0. The van der Waals surface area contributed by atoms with E-state index < -0.39 is 5.91 Å². The predicted octanol–water partition coefficient (Wildman–Crippen LogP) is 2.57. The molecule has 7 nitrogen and oxygen atoms in total. The number of hydrogen-bond acceptors (Lipinski definition) is 5. The molecule has 0 radical (unpaired) electrons. The lowest BCUT2D eigenvalue weighted by Gasteiger charge is -2.06. The number of amides is 2. The van der Waals surface area contributed by atoms with Crippen LogP contribution in [0.15, 0.2) is 59.1 Å². The number of methoxy groups -OCH3 is 1. The van der Waals surface area contributed by atoms with Gasteiger partial charge in [-0.3, -0.25) is 9.59 Å². The van der Waals surface area contributed by atoms with E-state index in [9.17, 15) is 14.9 Å². The summed E-state index contributed by atoms with van der Waals surface area (Å²) in [5.41, 5.74) is 2.98. The highest BCUT2D eigenvalue weighted by atomic mass is 16.5. The molecular formula is C23H22N4O3. The first-order valence-corrected chi connectivity index (χ1v) is 9.53. The van der Waals surface area contributed by atoms with Crippen LogP contribution in [-0.4, -0.2) is 37.9 Å². The molecular weight excluding hydrogens is 380 g/mol. The van der Waals surface area contributed by atoms with Crippen molar-refractivity contribution >= 4 is 23.3 Å². The quantitative estimate of drug-likeness (QED) is 0.440. The molecule has 0 bridgehead atoms. The standard InChI is InChI=1S/C23H22N4O3/c1-15-8-10-16(11-9-15)22(28)27-21-18-7-4-3-6-17(18)20(26-21)19(14-24)23(29)25-12-5-13-30-2/h3-4,6-11H,5,12-13H2,1-2H3,(H,25,29)(H,26,27,28)/b20-19+. The Morgan fingerprint density at radius 3 is 2.47 bits per heavy atom. The Balaban J connectivity index is 1.89. The van der Waals surface area contributed by atoms with Crippen LogP contribution >= 0.6 is 0 Å². The minimum Gasteiger partial charge on any atom is -0.385 e. The molecule has 7 heteroatoms. The number of nitrogens with one attached hydrogen (secondary N) is 2. The molecule has 2 N–H and O–H groups in total. The SMILES string of the molecule is COCCCNC(=O)/C(C#N)=C1/N=C(NC(=O)c2ccc(C)cc2)c2ccccc21. The zero-order valence-electron chi connectivity index (χ0n) is 16.9. The molecule has 1 heterocycles. The van der Waals surface area contributed by atoms with Gasteiger partial charge in [-0.25, -0.2) is 4.99 Å². The molecule has 2 aromatic rings. The number of nitriles is 1. The van der Waals surface area contributed by atoms with E-state index in [0.29, 0.717) is 42.1 Å². The zero-order valence-corrected chi connectivity index (χ0v) is 16.9. The van der Waals surface area contributed by atoms with Crippen molar-refractivity contribution in [3.63, 3.8) is 0 Å². The van der Waals surface area contributed by atoms with Crippen molar-refractivity contribution in [2.75, 3.05) is 20.3 Å². The van der Waals surface area contributed by atoms with Gasteiger partial charge >= 0.3 is 0 Å². The van der Waals surface area contributed by atoms with Crippen molar-refractivity contribution in [1.29, 1.82) is 5.26 Å². The summed E-state index contributed by atoms with van der Waals surface area (Å²) in [4.78, 5) is 29.6. The van der Waals surface area contributed by atoms with E-state index in [4.69, 9.17) is 4.74 Å². The minimum atomic E-state index is -0.506. The number of hydrogen-bond donors (Lipinski definition) is 2. The Morgan fingerprint density at radius 2 is 1.80 bits per heavy atom. The third-order valence-corrected chi connectivity index (χ3v) is 4.59. The molecule has 0 aromatic heterocycles. The number of rotatable bonds is 6. The van der Waals surface area contributed by atoms with Gasteiger partial charge in [-0.1, -0.05) is 42.0 Å². The van der Waals surface area contributed by atoms with E-state index in [0.717, 1.165) is 5.56 Å². The molecule has 1 aliphatic rings. The first-order valence-electron chi connectivity index (χ1n) is 9.53. The number of nitrogens with zero attached hydrogens (tertiary/aromatic N) is 2. The van der Waals surface area contributed by atoms with Crippen LogP contribution in [0.5, 0.6) is 0 Å². The van der Waals surface area contributed by atoms with E-state index in [1.807, 2.05) is 31.2 Å². The maximum atomic E-state index is 12.6. The lowest BCUT2D eigenvalue weighted by Crippen LogP contribution is -2.30. The molecule has 0 unspecified atom stereocenters. The zero-order chi connectivity index (χ0) is 21.5. The predicted molar refractivity (Wildman–Crippen MR) is 114 cm³/mol. The number of carbonyl (C=O) groups excluding carboxylic acids is 2. The molecule has 2 aromatic carbocycles. The van der Waals surface area contributed by atoms with Gasteiger partial charge in [-0.15, -0.1) is 0 Å². The molecule has 0 fully saturated rings. The van der Waals surface area contributed by atoms with Crippen molar-refractivity contribution in [1.82, 2.24) is 10.6 Å². The normalized spacial score (nSPS) is 13.7. The maximum absolute atomic E-state index is 12.6. The van der Waals surface area contributed by atoms with Gasteiger partial charge in [-0.2, -0.15) is 5.26 Å². The Kier molecular flexibility index (Phi) is 6.73. The van der Waals surface area contributed by atoms with E-state index in [1.165, 1.54) is 0 Å². The van der Waals surface area contributed by atoms with Crippen LogP contribution in [0.1, 0.15) is 33.5 Å². The second kappa shape index (κ2) is 9.63. The van der Waals surface area contributed by atoms with Crippen LogP contribution in [0, 0.1) is 18.3 Å². The Bertz CT molecular complexity index is 1060. The smallest absolute Gasteiger partial charge is 0.264 e. The molecule has 30 heavy (non-hydrogen) atoms. The molecule has 0 saturated heterocycles. The number of carbonyl (C=O) groups is 2. The molecule has 2 amide bonds. The number of ether oxygens (including phenoxy) is 1. The molecule has 152 valence electrons. The van der Waals surface area contributed by atoms with Gasteiger partial charge < -0.3 is 15.4 Å². The second-order valence-electron chi connectivity index (χ2n) is 6.76. The fourth-order valence-electron chi connectivity index (χ4n) is 3.02. The summed E-state index contributed by atoms with van der Waals surface area (Å²) in [5.74, 6) is -0.508. The fourth-order valence-corrected chi connectivity index (χ4v) is 3.02. The average molecular weight is 402 g/mol. The number of aryl methyl sites for hydroxylation is 1. The first kappa shape index (κ1) is 21.0. The Hall–Kier alpha value is -3.76. The van der Waals surface area contributed by atoms with Crippen molar-refractivity contribution in [3.05, 3.63) is 76.4 Å². The van der Waals surface area contributed by atoms with E-state index in [2.05, 4.69) is 15.6 Å². The molecule has 0 aliphatic carbocycles. The topological polar surface area (TPSA) is 104 Å². The third kappa shape index (κ3) is 4.62. The van der Waals surface area contributed by atoms with Gasteiger partial charge in [0.25, 0.3) is 11.8 Å². The molecule has 0 saturated carbocycles. The highest BCUT2D eigenvalue weighted by Crippen LogP contribution is 2.30. The van der Waals surface area contributed by atoms with Crippen molar-refractivity contribution in [2.45, 2.75) is 13.3 Å². The summed E-state index contributed by atoms with van der Waals surface area (Å²) >= 11 is 0. The van der Waals surface area contributed by atoms with Crippen molar-refractivity contribution in [2.24, 2.45) is 4.99 Å². The van der Waals surface area contributed by atoms with Crippen molar-refractivity contribution in [3.8, 4) is 6.07 Å². The minimum absolute atomic E-state index is 0.0977. The van der Waals surface area contributed by atoms with Gasteiger partial charge in [0, 0.05) is 37.0 Å². The van der Waals surface area contributed by atoms with E-state index >= 15 is 0 Å². The molecule has 0 atom stereocenters. The fraction of sp³-hybridized carbons (Fsp3) is 0.217. The number of fused-ring (bicyclic) bond motifs is 1. The Morgan fingerprint density at radius 1 is 1.10 bits per heavy atom. The summed E-state index contributed by atoms with van der Waals surface area (Å²) in [6, 6.07) is 16.3. The van der Waals surface area contributed by atoms with Crippen LogP contribution in [0.2, 0.25) is 0 Å². The maximum Gasteiger partial charge on any atom is 0.264 e. The van der Waals surface area contributed by atoms with Crippen LogP contribution in [0.25, 0.3) is 5.70 Å². The largest absolute Gasteiger partial charge is 0.385 e. The second-order valence-corrected chi connectivity index (χ2v) is 6.76. The van der Waals surface area contributed by atoms with Gasteiger partial charge in [0.1, 0.15) is 17.5 Å². The number of amidine groups is 1. The highest BCUT2D eigenvalue weighted by molar-refractivity contribution is 6.20. The van der Waals surface area contributed by atoms with Crippen LogP contribution < -0.4 is 10.6 Å². The van der Waals surface area contributed by atoms with Crippen molar-refractivity contribution < 1.29 is 14.3 Å². The molecule has 0 spiro atoms. The van der Waals surface area contributed by atoms with Crippen LogP contribution in [0.4, 0.5) is 0 Å². The van der Waals surface area contributed by atoms with Gasteiger partial charge in [-0.05, 0) is 25.5 Å². The first-order chi connectivity index (χ1) is 14.5. The summed E-state index contributed by atoms with van der Waals surface area (Å²) < 4.78 is 4.96. The lowest BCUT2D eigenvalue weighted by molar-refractivity contribution is -0.117. The van der Waals surface area contributed by atoms with E-state index in [-0.39, 0.29) is 17.2 Å². The molecule has 1 aliphatic heterocycles. The van der Waals surface area contributed by atoms with Gasteiger partial charge in [0.05, 0.1) is 5.70 Å². The van der Waals surface area contributed by atoms with Crippen LogP contribution in [-0.2, 0) is 9.53 Å². The van der Waals surface area contributed by atoms with Crippen LogP contribution in [0.3, 0.4) is 0 Å². The van der Waals surface area contributed by atoms with E-state index in [1.54, 1.807) is 37.4 Å². The molecule has 3 rings (SSSR count). The monoisotopic (exact) mass is 402 g/mol. The van der Waals surface area contributed by atoms with Gasteiger partial charge in [0.2, 0.25) is 0 Å². The highest BCUT2D eigenvalue weighted by Gasteiger charge is 2.27. The summed E-state index contributed by atoms with van der Waals surface area (Å²) in [5, 5.41) is 15.1. The third-order valence-electron chi connectivity index (χ3n) is 4.59. The average Bonchev–Trinajstić information content (AvgIpc) is 3.10. The summed E-state index contributed by atoms with van der Waals surface area (Å²) in [6.45, 7) is 2.84. The Labute approximate surface area is 175 Å². The number of benzene rings is 2. The summed E-state index contributed by atoms with van der Waals surface area (Å²) in [6.07, 6.45) is 0.633. The number of aliphatic imine (C=N–C) groups is 1.